The van der Waals surface area contributed by atoms with Gasteiger partial charge < -0.3 is 10.6 Å². The van der Waals surface area contributed by atoms with Crippen LogP contribution in [0.25, 0.3) is 0 Å². The lowest BCUT2D eigenvalue weighted by Gasteiger charge is -2.32. The summed E-state index contributed by atoms with van der Waals surface area (Å²) >= 11 is 0. The minimum Gasteiger partial charge on any atom is -0.355 e. The third-order valence-corrected chi connectivity index (χ3v) is 5.51. The fourth-order valence-corrected chi connectivity index (χ4v) is 3.95. The molecule has 0 radical (unpaired) electrons. The van der Waals surface area contributed by atoms with Crippen molar-refractivity contribution < 1.29 is 0 Å². The zero-order valence-electron chi connectivity index (χ0n) is 16.3. The SMILES string of the molecule is Cc1nc(C2CC(N)C2)cc(N2CCCN(Cc3ccncc3)CC2)n1.Cl.Cl. The van der Waals surface area contributed by atoms with Crippen LogP contribution >= 0.6 is 24.8 Å². The molecule has 1 aliphatic carbocycles. The lowest BCUT2D eigenvalue weighted by Crippen LogP contribution is -2.35. The van der Waals surface area contributed by atoms with Crippen LogP contribution in [0.15, 0.2) is 30.6 Å². The third kappa shape index (κ3) is 5.54. The molecule has 0 spiro atoms. The molecule has 2 aliphatic rings. The Morgan fingerprint density at radius 1 is 1.04 bits per heavy atom. The number of aryl methyl sites for hydroxylation is 1. The standard InChI is InChI=1S/C20H28N6.2ClH/c1-15-23-19(17-11-18(21)12-17)13-20(24-15)26-8-2-7-25(9-10-26)14-16-3-5-22-6-4-16;;/h3-6,13,17-18H,2,7-12,14,21H2,1H3;2*1H. The van der Waals surface area contributed by atoms with Crippen LogP contribution in [-0.4, -0.2) is 52.1 Å². The Kier molecular flexibility index (Phi) is 8.43. The van der Waals surface area contributed by atoms with Crippen molar-refractivity contribution in [2.24, 2.45) is 5.73 Å². The highest BCUT2D eigenvalue weighted by molar-refractivity contribution is 5.85. The van der Waals surface area contributed by atoms with Gasteiger partial charge in [0.05, 0.1) is 0 Å². The fourth-order valence-electron chi connectivity index (χ4n) is 3.95. The number of nitrogens with zero attached hydrogens (tertiary/aromatic N) is 5. The first kappa shape index (κ1) is 22.8. The second-order valence-electron chi connectivity index (χ2n) is 7.60. The number of anilines is 1. The number of hydrogen-bond acceptors (Lipinski definition) is 6. The number of rotatable bonds is 4. The topological polar surface area (TPSA) is 71.2 Å². The second kappa shape index (κ2) is 10.3. The summed E-state index contributed by atoms with van der Waals surface area (Å²) in [4.78, 5) is 18.4. The van der Waals surface area contributed by atoms with E-state index in [1.807, 2.05) is 19.3 Å². The van der Waals surface area contributed by atoms with Gasteiger partial charge in [-0.15, -0.1) is 24.8 Å². The maximum atomic E-state index is 5.96. The van der Waals surface area contributed by atoms with Crippen molar-refractivity contribution in [3.8, 4) is 0 Å². The monoisotopic (exact) mass is 424 g/mol. The van der Waals surface area contributed by atoms with Crippen molar-refractivity contribution in [3.63, 3.8) is 0 Å². The summed E-state index contributed by atoms with van der Waals surface area (Å²) in [5, 5.41) is 0. The van der Waals surface area contributed by atoms with E-state index in [1.165, 1.54) is 11.3 Å². The number of pyridine rings is 1. The summed E-state index contributed by atoms with van der Waals surface area (Å²) < 4.78 is 0. The summed E-state index contributed by atoms with van der Waals surface area (Å²) in [5.41, 5.74) is 8.46. The van der Waals surface area contributed by atoms with Crippen molar-refractivity contribution in [2.45, 2.75) is 44.7 Å². The number of hydrogen-bond donors (Lipinski definition) is 1. The van der Waals surface area contributed by atoms with E-state index < -0.39 is 0 Å². The molecule has 1 saturated carbocycles. The number of halogens is 2. The summed E-state index contributed by atoms with van der Waals surface area (Å²) in [6.07, 6.45) is 7.00. The van der Waals surface area contributed by atoms with Crippen molar-refractivity contribution in [1.29, 1.82) is 0 Å². The van der Waals surface area contributed by atoms with Crippen LogP contribution in [0.5, 0.6) is 0 Å². The molecule has 0 aromatic carbocycles. The van der Waals surface area contributed by atoms with E-state index in [0.29, 0.717) is 12.0 Å². The highest BCUT2D eigenvalue weighted by atomic mass is 35.5. The molecule has 0 atom stereocenters. The predicted molar refractivity (Wildman–Crippen MR) is 118 cm³/mol. The summed E-state index contributed by atoms with van der Waals surface area (Å²) in [6, 6.07) is 6.75. The maximum absolute atomic E-state index is 5.96. The van der Waals surface area contributed by atoms with Gasteiger partial charge in [0.1, 0.15) is 11.6 Å². The lowest BCUT2D eigenvalue weighted by atomic mass is 9.78. The van der Waals surface area contributed by atoms with Gasteiger partial charge in [-0.1, -0.05) is 0 Å². The summed E-state index contributed by atoms with van der Waals surface area (Å²) in [5.74, 6) is 2.47. The van der Waals surface area contributed by atoms with Crippen LogP contribution in [0.1, 0.15) is 42.3 Å². The van der Waals surface area contributed by atoms with E-state index in [9.17, 15) is 0 Å². The minimum absolute atomic E-state index is 0. The van der Waals surface area contributed by atoms with Crippen LogP contribution in [-0.2, 0) is 6.54 Å². The van der Waals surface area contributed by atoms with E-state index in [4.69, 9.17) is 10.7 Å². The molecule has 0 amide bonds. The molecule has 0 unspecified atom stereocenters. The summed E-state index contributed by atoms with van der Waals surface area (Å²) in [6.45, 7) is 7.21. The van der Waals surface area contributed by atoms with Crippen molar-refractivity contribution in [2.75, 3.05) is 31.1 Å². The van der Waals surface area contributed by atoms with Gasteiger partial charge in [-0.2, -0.15) is 0 Å². The van der Waals surface area contributed by atoms with Crippen LogP contribution < -0.4 is 10.6 Å². The third-order valence-electron chi connectivity index (χ3n) is 5.51. The number of aromatic nitrogens is 3. The Labute approximate surface area is 179 Å². The molecule has 2 N–H and O–H groups in total. The maximum Gasteiger partial charge on any atom is 0.132 e. The molecule has 2 aromatic rings. The van der Waals surface area contributed by atoms with Crippen molar-refractivity contribution in [3.05, 3.63) is 47.7 Å². The van der Waals surface area contributed by atoms with Gasteiger partial charge in [0.15, 0.2) is 0 Å². The van der Waals surface area contributed by atoms with E-state index in [2.05, 4.69) is 38.0 Å². The highest BCUT2D eigenvalue weighted by Gasteiger charge is 2.29. The van der Waals surface area contributed by atoms with E-state index in [0.717, 1.165) is 63.6 Å². The fraction of sp³-hybridized carbons (Fsp3) is 0.550. The Morgan fingerprint density at radius 3 is 2.50 bits per heavy atom. The Bertz CT molecular complexity index is 739. The van der Waals surface area contributed by atoms with Gasteiger partial charge in [0.2, 0.25) is 0 Å². The molecule has 1 aliphatic heterocycles. The summed E-state index contributed by atoms with van der Waals surface area (Å²) in [7, 11) is 0. The zero-order chi connectivity index (χ0) is 17.9. The molecule has 28 heavy (non-hydrogen) atoms. The Balaban J connectivity index is 0.00000140. The van der Waals surface area contributed by atoms with Crippen LogP contribution in [0.4, 0.5) is 5.82 Å². The smallest absolute Gasteiger partial charge is 0.132 e. The van der Waals surface area contributed by atoms with E-state index in [-0.39, 0.29) is 24.8 Å². The molecule has 3 heterocycles. The molecular formula is C20H30Cl2N6. The molecule has 0 bridgehead atoms. The van der Waals surface area contributed by atoms with Gasteiger partial charge in [0, 0.05) is 68.8 Å². The lowest BCUT2D eigenvalue weighted by molar-refractivity contribution is 0.285. The molecule has 154 valence electrons. The highest BCUT2D eigenvalue weighted by Crippen LogP contribution is 2.35. The molecule has 2 fully saturated rings. The molecule has 1 saturated heterocycles. The molecular weight excluding hydrogens is 395 g/mol. The first-order valence-electron chi connectivity index (χ1n) is 9.65. The van der Waals surface area contributed by atoms with Crippen LogP contribution in [0.3, 0.4) is 0 Å². The van der Waals surface area contributed by atoms with E-state index in [1.54, 1.807) is 0 Å². The first-order valence-corrected chi connectivity index (χ1v) is 9.65. The first-order chi connectivity index (χ1) is 12.7. The van der Waals surface area contributed by atoms with Crippen LogP contribution in [0.2, 0.25) is 0 Å². The van der Waals surface area contributed by atoms with Crippen LogP contribution in [0, 0.1) is 6.92 Å². The predicted octanol–water partition coefficient (Wildman–Crippen LogP) is 2.94. The average molecular weight is 425 g/mol. The van der Waals surface area contributed by atoms with Crippen molar-refractivity contribution >= 4 is 30.6 Å². The average Bonchev–Trinajstić information content (AvgIpc) is 2.85. The molecule has 2 aromatic heterocycles. The van der Waals surface area contributed by atoms with Crippen molar-refractivity contribution in [1.82, 2.24) is 19.9 Å². The molecule has 4 rings (SSSR count). The number of nitrogens with two attached hydrogens (primary N) is 1. The van der Waals surface area contributed by atoms with Gasteiger partial charge in [-0.25, -0.2) is 9.97 Å². The second-order valence-corrected chi connectivity index (χ2v) is 7.60. The van der Waals surface area contributed by atoms with Gasteiger partial charge in [-0.05, 0) is 43.9 Å². The Morgan fingerprint density at radius 2 is 1.79 bits per heavy atom. The zero-order valence-corrected chi connectivity index (χ0v) is 18.0. The Hall–Kier alpha value is -1.47. The largest absolute Gasteiger partial charge is 0.355 e. The van der Waals surface area contributed by atoms with E-state index >= 15 is 0 Å². The minimum atomic E-state index is 0. The van der Waals surface area contributed by atoms with Gasteiger partial charge >= 0.3 is 0 Å². The molecule has 6 nitrogen and oxygen atoms in total. The normalized spacial score (nSPS) is 22.4. The molecule has 8 heteroatoms. The van der Waals surface area contributed by atoms with Gasteiger partial charge in [-0.3, -0.25) is 9.88 Å². The quantitative estimate of drug-likeness (QED) is 0.812. The van der Waals surface area contributed by atoms with Gasteiger partial charge in [0.25, 0.3) is 0 Å².